The zero-order valence-corrected chi connectivity index (χ0v) is 17.8. The SMILES string of the molecule is O=C(Nc1ccc(Cc2nc3ccccc3o2)cc1)c1sc2cc(Cl)ccc2c1Cl. The summed E-state index contributed by atoms with van der Waals surface area (Å²) in [6, 6.07) is 20.7. The largest absolute Gasteiger partial charge is 0.440 e. The van der Waals surface area contributed by atoms with Crippen LogP contribution in [-0.4, -0.2) is 10.9 Å². The first-order chi connectivity index (χ1) is 14.6. The molecule has 0 unspecified atom stereocenters. The Kier molecular flexibility index (Phi) is 4.95. The van der Waals surface area contributed by atoms with Gasteiger partial charge >= 0.3 is 0 Å². The summed E-state index contributed by atoms with van der Waals surface area (Å²) in [5.74, 6) is 0.410. The molecule has 0 aliphatic carbocycles. The third kappa shape index (κ3) is 3.67. The van der Waals surface area contributed by atoms with Gasteiger partial charge in [0.05, 0.1) is 5.02 Å². The molecular weight excluding hydrogens is 439 g/mol. The number of oxazole rings is 1. The van der Waals surface area contributed by atoms with Crippen LogP contribution in [0.3, 0.4) is 0 Å². The maximum absolute atomic E-state index is 12.7. The van der Waals surface area contributed by atoms with Gasteiger partial charge in [-0.1, -0.05) is 53.5 Å². The topological polar surface area (TPSA) is 55.1 Å². The standard InChI is InChI=1S/C23H14Cl2N2O2S/c24-14-7-10-16-19(12-14)30-22(21(16)25)23(28)26-15-8-5-13(6-9-15)11-20-27-17-3-1-2-4-18(17)29-20/h1-10,12H,11H2,(H,26,28). The Morgan fingerprint density at radius 3 is 2.63 bits per heavy atom. The van der Waals surface area contributed by atoms with Crippen LogP contribution in [0.1, 0.15) is 21.1 Å². The van der Waals surface area contributed by atoms with Crippen molar-refractivity contribution in [1.29, 1.82) is 0 Å². The van der Waals surface area contributed by atoms with E-state index in [1.807, 2.05) is 60.7 Å². The molecule has 0 fully saturated rings. The molecule has 0 saturated carbocycles. The second-order valence-electron chi connectivity index (χ2n) is 6.79. The van der Waals surface area contributed by atoms with Crippen LogP contribution >= 0.6 is 34.5 Å². The van der Waals surface area contributed by atoms with Gasteiger partial charge in [-0.2, -0.15) is 0 Å². The number of rotatable bonds is 4. The van der Waals surface area contributed by atoms with Gasteiger partial charge in [0.1, 0.15) is 10.4 Å². The Bertz CT molecular complexity index is 1360. The molecule has 1 N–H and O–H groups in total. The molecule has 148 valence electrons. The molecule has 30 heavy (non-hydrogen) atoms. The summed E-state index contributed by atoms with van der Waals surface area (Å²) in [4.78, 5) is 17.7. The van der Waals surface area contributed by atoms with Crippen LogP contribution in [0.15, 0.2) is 71.1 Å². The number of halogens is 2. The van der Waals surface area contributed by atoms with Crippen LogP contribution in [-0.2, 0) is 6.42 Å². The predicted octanol–water partition coefficient (Wildman–Crippen LogP) is 7.19. The lowest BCUT2D eigenvalue weighted by Gasteiger charge is -2.05. The number of fused-ring (bicyclic) bond motifs is 2. The zero-order valence-electron chi connectivity index (χ0n) is 15.5. The van der Waals surface area contributed by atoms with Crippen molar-refractivity contribution in [3.8, 4) is 0 Å². The van der Waals surface area contributed by atoms with E-state index in [9.17, 15) is 4.79 Å². The highest BCUT2D eigenvalue weighted by atomic mass is 35.5. The summed E-state index contributed by atoms with van der Waals surface area (Å²) in [7, 11) is 0. The first-order valence-electron chi connectivity index (χ1n) is 9.19. The van der Waals surface area contributed by atoms with E-state index in [1.54, 1.807) is 6.07 Å². The van der Waals surface area contributed by atoms with Crippen molar-refractivity contribution >= 4 is 67.3 Å². The van der Waals surface area contributed by atoms with Gasteiger partial charge in [0, 0.05) is 27.2 Å². The molecule has 0 saturated heterocycles. The van der Waals surface area contributed by atoms with E-state index in [1.165, 1.54) is 11.3 Å². The first kappa shape index (κ1) is 19.1. The number of amides is 1. The number of hydrogen-bond acceptors (Lipinski definition) is 4. The number of hydrogen-bond donors (Lipinski definition) is 1. The van der Waals surface area contributed by atoms with Crippen molar-refractivity contribution in [2.75, 3.05) is 5.32 Å². The lowest BCUT2D eigenvalue weighted by Crippen LogP contribution is -2.10. The van der Waals surface area contributed by atoms with Gasteiger partial charge in [0.25, 0.3) is 5.91 Å². The molecule has 5 aromatic rings. The fourth-order valence-electron chi connectivity index (χ4n) is 3.25. The van der Waals surface area contributed by atoms with Gasteiger partial charge in [0.15, 0.2) is 11.5 Å². The molecular formula is C23H14Cl2N2O2S. The summed E-state index contributed by atoms with van der Waals surface area (Å²) in [5, 5.41) is 4.78. The third-order valence-electron chi connectivity index (χ3n) is 4.70. The van der Waals surface area contributed by atoms with Crippen LogP contribution in [0.25, 0.3) is 21.2 Å². The zero-order chi connectivity index (χ0) is 20.7. The monoisotopic (exact) mass is 452 g/mol. The Morgan fingerprint density at radius 2 is 1.83 bits per heavy atom. The second kappa shape index (κ2) is 7.76. The fourth-order valence-corrected chi connectivity index (χ4v) is 4.94. The van der Waals surface area contributed by atoms with Crippen molar-refractivity contribution in [3.05, 3.63) is 93.1 Å². The normalized spacial score (nSPS) is 11.3. The third-order valence-corrected chi connectivity index (χ3v) is 6.59. The number of nitrogens with zero attached hydrogens (tertiary/aromatic N) is 1. The predicted molar refractivity (Wildman–Crippen MR) is 123 cm³/mol. The number of benzene rings is 3. The van der Waals surface area contributed by atoms with Crippen molar-refractivity contribution in [1.82, 2.24) is 4.98 Å². The van der Waals surface area contributed by atoms with E-state index in [0.717, 1.165) is 26.7 Å². The van der Waals surface area contributed by atoms with Gasteiger partial charge in [-0.25, -0.2) is 4.98 Å². The molecule has 2 heterocycles. The highest BCUT2D eigenvalue weighted by Gasteiger charge is 2.17. The van der Waals surface area contributed by atoms with Crippen LogP contribution in [0.5, 0.6) is 0 Å². The molecule has 0 radical (unpaired) electrons. The summed E-state index contributed by atoms with van der Waals surface area (Å²) >= 11 is 13.8. The Morgan fingerprint density at radius 1 is 1.03 bits per heavy atom. The molecule has 1 amide bonds. The molecule has 3 aromatic carbocycles. The maximum Gasteiger partial charge on any atom is 0.267 e. The average molecular weight is 453 g/mol. The van der Waals surface area contributed by atoms with Crippen LogP contribution in [0.4, 0.5) is 5.69 Å². The molecule has 2 aromatic heterocycles. The Labute approximate surface area is 186 Å². The molecule has 0 spiro atoms. The van der Waals surface area contributed by atoms with Crippen molar-refractivity contribution in [2.45, 2.75) is 6.42 Å². The highest BCUT2D eigenvalue weighted by molar-refractivity contribution is 7.21. The summed E-state index contributed by atoms with van der Waals surface area (Å²) < 4.78 is 6.65. The maximum atomic E-state index is 12.7. The highest BCUT2D eigenvalue weighted by Crippen LogP contribution is 2.37. The van der Waals surface area contributed by atoms with Crippen molar-refractivity contribution in [2.24, 2.45) is 0 Å². The summed E-state index contributed by atoms with van der Waals surface area (Å²) in [6.45, 7) is 0. The van der Waals surface area contributed by atoms with Crippen molar-refractivity contribution in [3.63, 3.8) is 0 Å². The van der Waals surface area contributed by atoms with Crippen LogP contribution < -0.4 is 5.32 Å². The number of thiophene rings is 1. The molecule has 5 rings (SSSR count). The molecule has 0 aliphatic heterocycles. The Hall–Kier alpha value is -2.86. The average Bonchev–Trinajstić information content (AvgIpc) is 3.29. The van der Waals surface area contributed by atoms with Gasteiger partial charge < -0.3 is 9.73 Å². The van der Waals surface area contributed by atoms with Gasteiger partial charge in [-0.15, -0.1) is 11.3 Å². The summed E-state index contributed by atoms with van der Waals surface area (Å²) in [6.07, 6.45) is 0.575. The molecule has 0 aliphatic rings. The number of para-hydroxylation sites is 2. The number of nitrogens with one attached hydrogen (secondary N) is 1. The van der Waals surface area contributed by atoms with E-state index in [4.69, 9.17) is 27.6 Å². The van der Waals surface area contributed by atoms with Crippen LogP contribution in [0.2, 0.25) is 10.0 Å². The fraction of sp³-hybridized carbons (Fsp3) is 0.0435. The lowest BCUT2D eigenvalue weighted by molar-refractivity contribution is 0.103. The van der Waals surface area contributed by atoms with E-state index >= 15 is 0 Å². The first-order valence-corrected chi connectivity index (χ1v) is 10.8. The van der Waals surface area contributed by atoms with Gasteiger partial charge in [-0.3, -0.25) is 4.79 Å². The van der Waals surface area contributed by atoms with E-state index in [-0.39, 0.29) is 5.91 Å². The van der Waals surface area contributed by atoms with Gasteiger partial charge in [0.2, 0.25) is 0 Å². The van der Waals surface area contributed by atoms with Gasteiger partial charge in [-0.05, 0) is 42.0 Å². The number of carbonyl (C=O) groups is 1. The molecule has 4 nitrogen and oxygen atoms in total. The van der Waals surface area contributed by atoms with E-state index < -0.39 is 0 Å². The minimum atomic E-state index is -0.246. The smallest absolute Gasteiger partial charge is 0.267 e. The van der Waals surface area contributed by atoms with Crippen molar-refractivity contribution < 1.29 is 9.21 Å². The molecule has 0 bridgehead atoms. The lowest BCUT2D eigenvalue weighted by atomic mass is 10.1. The van der Waals surface area contributed by atoms with Crippen LogP contribution in [0, 0.1) is 0 Å². The summed E-state index contributed by atoms with van der Waals surface area (Å²) in [5.41, 5.74) is 3.35. The molecule has 0 atom stereocenters. The Balaban J connectivity index is 1.32. The number of carbonyl (C=O) groups excluding carboxylic acids is 1. The quantitative estimate of drug-likeness (QED) is 0.313. The minimum Gasteiger partial charge on any atom is -0.440 e. The molecule has 7 heteroatoms. The number of aromatic nitrogens is 1. The minimum absolute atomic E-state index is 0.246. The number of anilines is 1. The van der Waals surface area contributed by atoms with E-state index in [0.29, 0.717) is 32.9 Å². The second-order valence-corrected chi connectivity index (χ2v) is 8.66. The van der Waals surface area contributed by atoms with E-state index in [2.05, 4.69) is 10.3 Å².